The largest absolute Gasteiger partial charge is 0.444 e. The molecule has 21 heavy (non-hydrogen) atoms. The zero-order valence-electron chi connectivity index (χ0n) is 13.2. The molecule has 1 N–H and O–H groups in total. The molecule has 1 amide bonds. The molecule has 1 rings (SSSR count). The highest BCUT2D eigenvalue weighted by Crippen LogP contribution is 2.34. The number of amides is 1. The number of aryl methyl sites for hydroxylation is 1. The van der Waals surface area contributed by atoms with Gasteiger partial charge in [-0.2, -0.15) is 5.26 Å². The summed E-state index contributed by atoms with van der Waals surface area (Å²) >= 11 is 1.33. The maximum Gasteiger partial charge on any atom is 0.342 e. The zero-order valence-corrected chi connectivity index (χ0v) is 14.0. The lowest BCUT2D eigenvalue weighted by atomic mass is 9.96. The fourth-order valence-corrected chi connectivity index (χ4v) is 2.54. The number of rotatable bonds is 3. The van der Waals surface area contributed by atoms with Crippen molar-refractivity contribution >= 4 is 28.2 Å². The fourth-order valence-electron chi connectivity index (χ4n) is 1.50. The van der Waals surface area contributed by atoms with Gasteiger partial charge in [0.15, 0.2) is 6.10 Å². The van der Waals surface area contributed by atoms with Gasteiger partial charge in [0, 0.05) is 10.3 Å². The second-order valence-electron chi connectivity index (χ2n) is 5.87. The van der Waals surface area contributed by atoms with Gasteiger partial charge in [0.05, 0.1) is 5.56 Å². The van der Waals surface area contributed by atoms with Gasteiger partial charge in [-0.3, -0.25) is 4.79 Å². The number of nitrogens with zero attached hydrogens (tertiary/aromatic N) is 1. The average molecular weight is 308 g/mol. The molecule has 0 radical (unpaired) electrons. The molecule has 0 aromatic carbocycles. The highest BCUT2D eigenvalue weighted by atomic mass is 32.1. The highest BCUT2D eigenvalue weighted by Gasteiger charge is 2.27. The fraction of sp³-hybridized carbons (Fsp3) is 0.533. The van der Waals surface area contributed by atoms with Gasteiger partial charge in [-0.15, -0.1) is 11.3 Å². The zero-order chi connectivity index (χ0) is 16.4. The van der Waals surface area contributed by atoms with Crippen LogP contribution < -0.4 is 5.32 Å². The van der Waals surface area contributed by atoms with Crippen LogP contribution in [0.5, 0.6) is 0 Å². The number of hydrogen-bond donors (Lipinski definition) is 1. The molecule has 0 aliphatic rings. The van der Waals surface area contributed by atoms with Crippen LogP contribution in [0.4, 0.5) is 5.00 Å². The topological polar surface area (TPSA) is 79.2 Å². The van der Waals surface area contributed by atoms with Crippen LogP contribution in [0.15, 0.2) is 0 Å². The van der Waals surface area contributed by atoms with Gasteiger partial charge in [0.1, 0.15) is 11.1 Å². The Kier molecular flexibility index (Phi) is 5.13. The van der Waals surface area contributed by atoms with Crippen LogP contribution in [0, 0.1) is 30.6 Å². The van der Waals surface area contributed by atoms with Crippen LogP contribution in [0.25, 0.3) is 0 Å². The van der Waals surface area contributed by atoms with Crippen LogP contribution in [-0.2, 0) is 9.53 Å². The average Bonchev–Trinajstić information content (AvgIpc) is 2.63. The number of nitriles is 1. The van der Waals surface area contributed by atoms with Crippen LogP contribution in [0.1, 0.15) is 48.5 Å². The lowest BCUT2D eigenvalue weighted by Gasteiger charge is -2.17. The van der Waals surface area contributed by atoms with Crippen LogP contribution >= 0.6 is 11.3 Å². The maximum absolute atomic E-state index is 12.2. The molecule has 0 fully saturated rings. The lowest BCUT2D eigenvalue weighted by Crippen LogP contribution is -2.28. The summed E-state index contributed by atoms with van der Waals surface area (Å²) in [6.45, 7) is 10.6. The number of thiophene rings is 1. The lowest BCUT2D eigenvalue weighted by molar-refractivity contribution is -0.123. The molecular formula is C15H20N2O3S. The Labute approximate surface area is 128 Å². The summed E-state index contributed by atoms with van der Waals surface area (Å²) in [6, 6.07) is 1.85. The smallest absolute Gasteiger partial charge is 0.342 e. The highest BCUT2D eigenvalue weighted by molar-refractivity contribution is 7.16. The van der Waals surface area contributed by atoms with Crippen LogP contribution in [0.3, 0.4) is 0 Å². The van der Waals surface area contributed by atoms with Crippen molar-refractivity contribution in [1.29, 1.82) is 5.26 Å². The van der Waals surface area contributed by atoms with Gasteiger partial charge in [0.2, 0.25) is 5.91 Å². The van der Waals surface area contributed by atoms with E-state index in [1.54, 1.807) is 27.7 Å². The van der Waals surface area contributed by atoms with Crippen molar-refractivity contribution < 1.29 is 14.3 Å². The van der Waals surface area contributed by atoms with Crippen molar-refractivity contribution in [3.05, 3.63) is 16.0 Å². The monoisotopic (exact) mass is 308 g/mol. The van der Waals surface area contributed by atoms with Crippen molar-refractivity contribution in [3.8, 4) is 6.07 Å². The van der Waals surface area contributed by atoms with Gasteiger partial charge >= 0.3 is 5.97 Å². The normalized spacial score (nSPS) is 12.4. The van der Waals surface area contributed by atoms with E-state index in [2.05, 4.69) is 5.32 Å². The Morgan fingerprint density at radius 2 is 1.90 bits per heavy atom. The minimum Gasteiger partial charge on any atom is -0.444 e. The minimum atomic E-state index is -0.830. The number of carbonyl (C=O) groups is 2. The molecule has 0 aliphatic heterocycles. The molecule has 0 aliphatic carbocycles. The first-order valence-corrected chi connectivity index (χ1v) is 7.41. The first-order valence-electron chi connectivity index (χ1n) is 6.60. The minimum absolute atomic E-state index is 0.175. The Hall–Kier alpha value is -1.87. The van der Waals surface area contributed by atoms with Gasteiger partial charge in [-0.05, 0) is 26.3 Å². The third-order valence-corrected chi connectivity index (χ3v) is 4.09. The second kappa shape index (κ2) is 6.27. The van der Waals surface area contributed by atoms with E-state index in [0.29, 0.717) is 10.6 Å². The van der Waals surface area contributed by atoms with E-state index in [1.807, 2.05) is 13.0 Å². The van der Waals surface area contributed by atoms with E-state index in [4.69, 9.17) is 10.00 Å². The SMILES string of the molecule is Cc1sc(NC(=O)C(C)(C)C)c(C(=O)OC(C)C#N)c1C. The van der Waals surface area contributed by atoms with E-state index in [1.165, 1.54) is 18.3 Å². The second-order valence-corrected chi connectivity index (χ2v) is 7.09. The molecule has 1 aromatic heterocycles. The molecule has 1 aromatic rings. The summed E-state index contributed by atoms with van der Waals surface area (Å²) in [6.07, 6.45) is -0.830. The summed E-state index contributed by atoms with van der Waals surface area (Å²) in [7, 11) is 0. The molecule has 6 heteroatoms. The molecule has 0 spiro atoms. The number of anilines is 1. The Balaban J connectivity index is 3.13. The number of hydrogen-bond acceptors (Lipinski definition) is 5. The predicted octanol–water partition coefficient (Wildman–Crippen LogP) is 3.42. The molecular weight excluding hydrogens is 288 g/mol. The van der Waals surface area contributed by atoms with Crippen molar-refractivity contribution in [1.82, 2.24) is 0 Å². The molecule has 0 saturated heterocycles. The summed E-state index contributed by atoms with van der Waals surface area (Å²) in [5.41, 5.74) is 0.531. The van der Waals surface area contributed by atoms with E-state index >= 15 is 0 Å². The molecule has 0 bridgehead atoms. The molecule has 1 heterocycles. The van der Waals surface area contributed by atoms with Gasteiger partial charge < -0.3 is 10.1 Å². The molecule has 5 nitrogen and oxygen atoms in total. The number of nitrogens with one attached hydrogen (secondary N) is 1. The Bertz CT molecular complexity index is 606. The Morgan fingerprint density at radius 1 is 1.33 bits per heavy atom. The van der Waals surface area contributed by atoms with Crippen molar-refractivity contribution in [2.24, 2.45) is 5.41 Å². The standard InChI is InChI=1S/C15H20N2O3S/c1-8(7-16)20-13(18)11-9(2)10(3)21-12(11)17-14(19)15(4,5)6/h8H,1-6H3,(H,17,19). The number of ether oxygens (including phenoxy) is 1. The third-order valence-electron chi connectivity index (χ3n) is 2.96. The predicted molar refractivity (Wildman–Crippen MR) is 82.4 cm³/mol. The summed E-state index contributed by atoms with van der Waals surface area (Å²) in [5, 5.41) is 12.0. The maximum atomic E-state index is 12.2. The first kappa shape index (κ1) is 17.2. The summed E-state index contributed by atoms with van der Waals surface area (Å²) in [4.78, 5) is 25.2. The van der Waals surface area contributed by atoms with E-state index in [0.717, 1.165) is 10.4 Å². The molecule has 0 saturated carbocycles. The van der Waals surface area contributed by atoms with Gasteiger partial charge in [-0.1, -0.05) is 20.8 Å². The molecule has 1 unspecified atom stereocenters. The molecule has 114 valence electrons. The Morgan fingerprint density at radius 3 is 2.38 bits per heavy atom. The summed E-state index contributed by atoms with van der Waals surface area (Å²) < 4.78 is 5.04. The number of esters is 1. The van der Waals surface area contributed by atoms with E-state index in [9.17, 15) is 9.59 Å². The van der Waals surface area contributed by atoms with Crippen molar-refractivity contribution in [2.45, 2.75) is 47.6 Å². The van der Waals surface area contributed by atoms with Gasteiger partial charge in [-0.25, -0.2) is 4.79 Å². The molecule has 1 atom stereocenters. The van der Waals surface area contributed by atoms with Crippen molar-refractivity contribution in [2.75, 3.05) is 5.32 Å². The third kappa shape index (κ3) is 4.05. The van der Waals surface area contributed by atoms with Crippen LogP contribution in [0.2, 0.25) is 0 Å². The van der Waals surface area contributed by atoms with Crippen molar-refractivity contribution in [3.63, 3.8) is 0 Å². The van der Waals surface area contributed by atoms with E-state index in [-0.39, 0.29) is 5.91 Å². The van der Waals surface area contributed by atoms with Crippen LogP contribution in [-0.4, -0.2) is 18.0 Å². The van der Waals surface area contributed by atoms with E-state index < -0.39 is 17.5 Å². The summed E-state index contributed by atoms with van der Waals surface area (Å²) in [5.74, 6) is -0.763. The first-order chi connectivity index (χ1) is 9.57. The van der Waals surface area contributed by atoms with Gasteiger partial charge in [0.25, 0.3) is 0 Å². The quantitative estimate of drug-likeness (QED) is 0.868. The number of carbonyl (C=O) groups excluding carboxylic acids is 2.